The van der Waals surface area contributed by atoms with Crippen LogP contribution in [0.2, 0.25) is 15.1 Å². The van der Waals surface area contributed by atoms with E-state index in [1.165, 1.54) is 42.5 Å². The van der Waals surface area contributed by atoms with Crippen LogP contribution in [-0.4, -0.2) is 20.0 Å². The van der Waals surface area contributed by atoms with Crippen molar-refractivity contribution in [1.29, 1.82) is 0 Å². The Morgan fingerprint density at radius 3 is 2.10 bits per heavy atom. The van der Waals surface area contributed by atoms with E-state index in [4.69, 9.17) is 34.8 Å². The third-order valence-electron chi connectivity index (χ3n) is 2.74. The van der Waals surface area contributed by atoms with Gasteiger partial charge < -0.3 is 0 Å². The highest BCUT2D eigenvalue weighted by Crippen LogP contribution is 2.25. The summed E-state index contributed by atoms with van der Waals surface area (Å²) in [6.45, 7) is 0. The minimum absolute atomic E-state index is 0.0424. The van der Waals surface area contributed by atoms with Crippen LogP contribution < -0.4 is 0 Å². The van der Waals surface area contributed by atoms with Crippen molar-refractivity contribution < 1.29 is 13.2 Å². The first-order valence-corrected chi connectivity index (χ1v) is 8.55. The molecule has 0 aliphatic carbocycles. The number of carbonyl (C=O) groups excluding carboxylic acids is 1. The smallest absolute Gasteiger partial charge is 0.185 e. The van der Waals surface area contributed by atoms with E-state index >= 15 is 0 Å². The van der Waals surface area contributed by atoms with Crippen LogP contribution in [-0.2, 0) is 9.84 Å². The van der Waals surface area contributed by atoms with Crippen LogP contribution in [0.5, 0.6) is 0 Å². The predicted octanol–water partition coefficient (Wildman–Crippen LogP) is 4.30. The van der Waals surface area contributed by atoms with Gasteiger partial charge in [-0.25, -0.2) is 8.42 Å². The van der Waals surface area contributed by atoms with E-state index in [9.17, 15) is 13.2 Å². The van der Waals surface area contributed by atoms with Gasteiger partial charge in [-0.3, -0.25) is 4.79 Å². The fraction of sp³-hybridized carbons (Fsp3) is 0.0714. The summed E-state index contributed by atoms with van der Waals surface area (Å²) in [6, 6.07) is 9.95. The Kier molecular flexibility index (Phi) is 4.94. The number of rotatable bonds is 4. The summed E-state index contributed by atoms with van der Waals surface area (Å²) in [5.41, 5.74) is 0.281. The van der Waals surface area contributed by atoms with Gasteiger partial charge in [0, 0.05) is 10.6 Å². The van der Waals surface area contributed by atoms with E-state index in [0.717, 1.165) is 0 Å². The summed E-state index contributed by atoms with van der Waals surface area (Å²) in [6.07, 6.45) is 0. The van der Waals surface area contributed by atoms with Crippen LogP contribution in [0.25, 0.3) is 0 Å². The predicted molar refractivity (Wildman–Crippen MR) is 84.3 cm³/mol. The zero-order valence-corrected chi connectivity index (χ0v) is 13.6. The number of benzene rings is 2. The van der Waals surface area contributed by atoms with Gasteiger partial charge in [-0.2, -0.15) is 0 Å². The molecule has 0 fully saturated rings. The zero-order valence-electron chi connectivity index (χ0n) is 10.5. The van der Waals surface area contributed by atoms with Crippen molar-refractivity contribution in [2.45, 2.75) is 4.90 Å². The SMILES string of the molecule is O=C(CS(=O)(=O)c1ccc(Cl)c(Cl)c1)c1ccc(Cl)cc1. The van der Waals surface area contributed by atoms with Gasteiger partial charge in [0.25, 0.3) is 0 Å². The molecule has 0 aromatic heterocycles. The summed E-state index contributed by atoms with van der Waals surface area (Å²) in [5, 5.41) is 0.843. The van der Waals surface area contributed by atoms with Crippen molar-refractivity contribution in [1.82, 2.24) is 0 Å². The van der Waals surface area contributed by atoms with Crippen molar-refractivity contribution in [2.75, 3.05) is 5.75 Å². The molecule has 0 atom stereocenters. The highest BCUT2D eigenvalue weighted by molar-refractivity contribution is 7.92. The molecule has 0 aliphatic heterocycles. The Bertz CT molecular complexity index is 784. The number of ketones is 1. The van der Waals surface area contributed by atoms with Gasteiger partial charge in [0.1, 0.15) is 5.75 Å². The summed E-state index contributed by atoms with van der Waals surface area (Å²) < 4.78 is 24.4. The molecule has 2 aromatic carbocycles. The number of hydrogen-bond donors (Lipinski definition) is 0. The minimum Gasteiger partial charge on any atom is -0.293 e. The van der Waals surface area contributed by atoms with Crippen LogP contribution in [0.4, 0.5) is 0 Å². The maximum absolute atomic E-state index is 12.2. The van der Waals surface area contributed by atoms with Crippen molar-refractivity contribution >= 4 is 50.4 Å². The molecule has 0 unspecified atom stereocenters. The molecule has 0 aliphatic rings. The van der Waals surface area contributed by atoms with E-state index in [1.54, 1.807) is 0 Å². The number of sulfone groups is 1. The Balaban J connectivity index is 2.26. The maximum Gasteiger partial charge on any atom is 0.185 e. The zero-order chi connectivity index (χ0) is 15.6. The van der Waals surface area contributed by atoms with E-state index in [-0.39, 0.29) is 20.5 Å². The molecular weight excluding hydrogens is 355 g/mol. The van der Waals surface area contributed by atoms with Gasteiger partial charge in [0.2, 0.25) is 0 Å². The van der Waals surface area contributed by atoms with Crippen molar-refractivity contribution in [3.63, 3.8) is 0 Å². The largest absolute Gasteiger partial charge is 0.293 e. The Morgan fingerprint density at radius 2 is 1.52 bits per heavy atom. The molecule has 0 N–H and O–H groups in total. The van der Waals surface area contributed by atoms with E-state index in [2.05, 4.69) is 0 Å². The molecular formula is C14H9Cl3O3S. The molecule has 7 heteroatoms. The van der Waals surface area contributed by atoms with Crippen molar-refractivity contribution in [3.8, 4) is 0 Å². The van der Waals surface area contributed by atoms with Crippen LogP contribution >= 0.6 is 34.8 Å². The van der Waals surface area contributed by atoms with Gasteiger partial charge in [0.05, 0.1) is 14.9 Å². The first-order chi connectivity index (χ1) is 9.79. The monoisotopic (exact) mass is 362 g/mol. The molecule has 21 heavy (non-hydrogen) atoms. The average molecular weight is 364 g/mol. The normalized spacial score (nSPS) is 11.4. The first-order valence-electron chi connectivity index (χ1n) is 5.76. The fourth-order valence-electron chi connectivity index (χ4n) is 1.65. The lowest BCUT2D eigenvalue weighted by Crippen LogP contribution is -2.16. The topological polar surface area (TPSA) is 51.2 Å². The quantitative estimate of drug-likeness (QED) is 0.761. The molecule has 0 bridgehead atoms. The summed E-state index contributed by atoms with van der Waals surface area (Å²) in [5.74, 6) is -1.16. The second kappa shape index (κ2) is 6.36. The molecule has 2 aromatic rings. The molecule has 0 saturated carbocycles. The maximum atomic E-state index is 12.2. The van der Waals surface area contributed by atoms with Crippen LogP contribution in [0.15, 0.2) is 47.4 Å². The van der Waals surface area contributed by atoms with Crippen LogP contribution in [0.3, 0.4) is 0 Å². The highest BCUT2D eigenvalue weighted by atomic mass is 35.5. The molecule has 3 nitrogen and oxygen atoms in total. The number of carbonyl (C=O) groups is 1. The van der Waals surface area contributed by atoms with E-state index in [0.29, 0.717) is 5.02 Å². The van der Waals surface area contributed by atoms with E-state index in [1.807, 2.05) is 0 Å². The highest BCUT2D eigenvalue weighted by Gasteiger charge is 2.21. The summed E-state index contributed by atoms with van der Waals surface area (Å²) >= 11 is 17.3. The molecule has 0 amide bonds. The lowest BCUT2D eigenvalue weighted by atomic mass is 10.1. The number of hydrogen-bond acceptors (Lipinski definition) is 3. The average Bonchev–Trinajstić information content (AvgIpc) is 2.42. The number of Topliss-reactive ketones (excluding diaryl/α,β-unsaturated/α-hetero) is 1. The molecule has 2 rings (SSSR count). The van der Waals surface area contributed by atoms with Crippen molar-refractivity contribution in [3.05, 3.63) is 63.1 Å². The lowest BCUT2D eigenvalue weighted by Gasteiger charge is -2.05. The summed E-state index contributed by atoms with van der Waals surface area (Å²) in [4.78, 5) is 12.0. The third-order valence-corrected chi connectivity index (χ3v) is 5.34. The van der Waals surface area contributed by atoms with Gasteiger partial charge in [-0.15, -0.1) is 0 Å². The molecule has 0 spiro atoms. The standard InChI is InChI=1S/C14H9Cl3O3S/c15-10-3-1-9(2-4-10)14(18)8-21(19,20)11-5-6-12(16)13(17)7-11/h1-7H,8H2. The Labute approximate surface area is 137 Å². The lowest BCUT2D eigenvalue weighted by molar-refractivity contribution is 0.102. The second-order valence-corrected chi connectivity index (χ2v) is 7.51. The van der Waals surface area contributed by atoms with Gasteiger partial charge in [-0.05, 0) is 42.5 Å². The Morgan fingerprint density at radius 1 is 0.905 bits per heavy atom. The molecule has 110 valence electrons. The number of halogens is 3. The van der Waals surface area contributed by atoms with Crippen molar-refractivity contribution in [2.24, 2.45) is 0 Å². The minimum atomic E-state index is -3.78. The second-order valence-electron chi connectivity index (χ2n) is 4.27. The third kappa shape index (κ3) is 3.98. The summed E-state index contributed by atoms with van der Waals surface area (Å²) in [7, 11) is -3.78. The van der Waals surface area contributed by atoms with Gasteiger partial charge in [-0.1, -0.05) is 34.8 Å². The van der Waals surface area contributed by atoms with Crippen LogP contribution in [0, 0.1) is 0 Å². The van der Waals surface area contributed by atoms with Crippen LogP contribution in [0.1, 0.15) is 10.4 Å². The first kappa shape index (κ1) is 16.3. The van der Waals surface area contributed by atoms with Gasteiger partial charge >= 0.3 is 0 Å². The fourth-order valence-corrected chi connectivity index (χ4v) is 3.39. The molecule has 0 saturated heterocycles. The van der Waals surface area contributed by atoms with E-state index < -0.39 is 21.4 Å². The molecule has 0 heterocycles. The molecule has 0 radical (unpaired) electrons. The van der Waals surface area contributed by atoms with Gasteiger partial charge in [0.15, 0.2) is 15.6 Å². The Hall–Kier alpha value is -1.07.